The number of hydrogen-bond donors (Lipinski definition) is 2. The van der Waals surface area contributed by atoms with E-state index in [1.807, 2.05) is 43.3 Å². The standard InChI is InChI=1S/C21H23ClN2O4/c1-14(17-9-6-10-18(22)11-17)23-20(26)13-28-21(27)12-19(24-15(2)25)16-7-4-3-5-8-16/h3-11,14,19H,12-13H2,1-2H3,(H,23,26)(H,24,25)/t14-,19+/m1/s1. The summed E-state index contributed by atoms with van der Waals surface area (Å²) >= 11 is 5.95. The predicted octanol–water partition coefficient (Wildman–Crippen LogP) is 3.33. The van der Waals surface area contributed by atoms with Crippen LogP contribution in [0.15, 0.2) is 54.6 Å². The van der Waals surface area contributed by atoms with Gasteiger partial charge < -0.3 is 15.4 Å². The molecule has 0 fully saturated rings. The summed E-state index contributed by atoms with van der Waals surface area (Å²) in [4.78, 5) is 35.6. The summed E-state index contributed by atoms with van der Waals surface area (Å²) in [6.45, 7) is 2.80. The highest BCUT2D eigenvalue weighted by atomic mass is 35.5. The van der Waals surface area contributed by atoms with Crippen molar-refractivity contribution in [2.75, 3.05) is 6.61 Å². The molecular weight excluding hydrogens is 380 g/mol. The van der Waals surface area contributed by atoms with Crippen molar-refractivity contribution in [1.29, 1.82) is 0 Å². The topological polar surface area (TPSA) is 84.5 Å². The Kier molecular flexibility index (Phi) is 8.02. The lowest BCUT2D eigenvalue weighted by molar-refractivity contribution is -0.149. The van der Waals surface area contributed by atoms with Crippen LogP contribution in [0.1, 0.15) is 43.5 Å². The first-order chi connectivity index (χ1) is 13.3. The molecule has 0 heterocycles. The van der Waals surface area contributed by atoms with Crippen LogP contribution in [0.5, 0.6) is 0 Å². The molecular formula is C21H23ClN2O4. The average molecular weight is 403 g/mol. The molecule has 2 aromatic rings. The summed E-state index contributed by atoms with van der Waals surface area (Å²) in [6, 6.07) is 15.5. The van der Waals surface area contributed by atoms with Gasteiger partial charge in [0, 0.05) is 11.9 Å². The Labute approximate surface area is 169 Å². The van der Waals surface area contributed by atoms with Gasteiger partial charge in [-0.25, -0.2) is 0 Å². The molecule has 7 heteroatoms. The second-order valence-corrected chi connectivity index (χ2v) is 6.81. The van der Waals surface area contributed by atoms with Gasteiger partial charge in [0.15, 0.2) is 6.61 Å². The molecule has 0 bridgehead atoms. The Morgan fingerprint density at radius 1 is 1.00 bits per heavy atom. The zero-order valence-corrected chi connectivity index (χ0v) is 16.5. The van der Waals surface area contributed by atoms with E-state index >= 15 is 0 Å². The Morgan fingerprint density at radius 3 is 2.32 bits per heavy atom. The predicted molar refractivity (Wildman–Crippen MR) is 107 cm³/mol. The molecule has 2 amide bonds. The highest BCUT2D eigenvalue weighted by molar-refractivity contribution is 6.30. The first kappa shape index (κ1) is 21.4. The fourth-order valence-corrected chi connectivity index (χ4v) is 2.90. The molecule has 2 atom stereocenters. The lowest BCUT2D eigenvalue weighted by atomic mass is 10.0. The normalized spacial score (nSPS) is 12.5. The third kappa shape index (κ3) is 7.04. The van der Waals surface area contributed by atoms with Crippen LogP contribution in [0.4, 0.5) is 0 Å². The van der Waals surface area contributed by atoms with Crippen LogP contribution in [0.25, 0.3) is 0 Å². The SMILES string of the molecule is CC(=O)N[C@@H](CC(=O)OCC(=O)N[C@H](C)c1cccc(Cl)c1)c1ccccc1. The number of rotatable bonds is 8. The van der Waals surface area contributed by atoms with E-state index in [-0.39, 0.29) is 18.4 Å². The van der Waals surface area contributed by atoms with Crippen LogP contribution in [-0.2, 0) is 19.1 Å². The number of benzene rings is 2. The minimum Gasteiger partial charge on any atom is -0.456 e. The Balaban J connectivity index is 1.86. The first-order valence-corrected chi connectivity index (χ1v) is 9.25. The molecule has 0 radical (unpaired) electrons. The number of ether oxygens (including phenoxy) is 1. The minimum absolute atomic E-state index is 0.0687. The van der Waals surface area contributed by atoms with Crippen molar-refractivity contribution < 1.29 is 19.1 Å². The van der Waals surface area contributed by atoms with Crippen LogP contribution in [0.2, 0.25) is 5.02 Å². The summed E-state index contributed by atoms with van der Waals surface area (Å²) < 4.78 is 5.07. The van der Waals surface area contributed by atoms with Crippen LogP contribution in [0, 0.1) is 0 Å². The first-order valence-electron chi connectivity index (χ1n) is 8.87. The van der Waals surface area contributed by atoms with Crippen LogP contribution in [0.3, 0.4) is 0 Å². The van der Waals surface area contributed by atoms with E-state index in [9.17, 15) is 14.4 Å². The zero-order chi connectivity index (χ0) is 20.5. The van der Waals surface area contributed by atoms with Crippen LogP contribution >= 0.6 is 11.6 Å². The van der Waals surface area contributed by atoms with Gasteiger partial charge in [-0.1, -0.05) is 54.1 Å². The lowest BCUT2D eigenvalue weighted by Gasteiger charge is -2.18. The van der Waals surface area contributed by atoms with Gasteiger partial charge in [0.05, 0.1) is 18.5 Å². The van der Waals surface area contributed by atoms with Crippen molar-refractivity contribution in [3.05, 3.63) is 70.7 Å². The highest BCUT2D eigenvalue weighted by Crippen LogP contribution is 2.18. The number of hydrogen-bond acceptors (Lipinski definition) is 4. The molecule has 148 valence electrons. The summed E-state index contributed by atoms with van der Waals surface area (Å²) in [5.41, 5.74) is 1.63. The van der Waals surface area contributed by atoms with Crippen molar-refractivity contribution in [3.8, 4) is 0 Å². The maximum absolute atomic E-state index is 12.1. The van der Waals surface area contributed by atoms with Gasteiger partial charge >= 0.3 is 5.97 Å². The smallest absolute Gasteiger partial charge is 0.308 e. The Bertz CT molecular complexity index is 826. The molecule has 6 nitrogen and oxygen atoms in total. The van der Waals surface area contributed by atoms with Gasteiger partial charge in [0.25, 0.3) is 5.91 Å². The van der Waals surface area contributed by atoms with Crippen molar-refractivity contribution in [2.45, 2.75) is 32.4 Å². The van der Waals surface area contributed by atoms with Crippen molar-refractivity contribution >= 4 is 29.4 Å². The number of amides is 2. The highest BCUT2D eigenvalue weighted by Gasteiger charge is 2.19. The molecule has 2 N–H and O–H groups in total. The number of halogens is 1. The van der Waals surface area contributed by atoms with E-state index in [2.05, 4.69) is 10.6 Å². The van der Waals surface area contributed by atoms with E-state index in [1.165, 1.54) is 6.92 Å². The number of esters is 1. The molecule has 0 unspecified atom stereocenters. The fourth-order valence-electron chi connectivity index (χ4n) is 2.70. The van der Waals surface area contributed by atoms with E-state index < -0.39 is 24.5 Å². The second kappa shape index (κ2) is 10.5. The van der Waals surface area contributed by atoms with Crippen molar-refractivity contribution in [1.82, 2.24) is 10.6 Å². The van der Waals surface area contributed by atoms with Gasteiger partial charge in [0.1, 0.15) is 0 Å². The summed E-state index contributed by atoms with van der Waals surface area (Å²) in [5.74, 6) is -1.25. The number of nitrogens with one attached hydrogen (secondary N) is 2. The van der Waals surface area contributed by atoms with Crippen molar-refractivity contribution in [3.63, 3.8) is 0 Å². The molecule has 0 saturated heterocycles. The Hall–Kier alpha value is -2.86. The van der Waals surface area contributed by atoms with Crippen LogP contribution < -0.4 is 10.6 Å². The summed E-state index contributed by atoms with van der Waals surface area (Å²) in [6.07, 6.45) is -0.0687. The van der Waals surface area contributed by atoms with E-state index in [4.69, 9.17) is 16.3 Å². The maximum atomic E-state index is 12.1. The number of carbonyl (C=O) groups excluding carboxylic acids is 3. The molecule has 0 saturated carbocycles. The molecule has 0 aliphatic carbocycles. The second-order valence-electron chi connectivity index (χ2n) is 6.37. The van der Waals surface area contributed by atoms with E-state index in [0.29, 0.717) is 5.02 Å². The van der Waals surface area contributed by atoms with Gasteiger partial charge in [-0.15, -0.1) is 0 Å². The Morgan fingerprint density at radius 2 is 1.68 bits per heavy atom. The largest absolute Gasteiger partial charge is 0.456 e. The monoisotopic (exact) mass is 402 g/mol. The fraction of sp³-hybridized carbons (Fsp3) is 0.286. The van der Waals surface area contributed by atoms with Crippen LogP contribution in [-0.4, -0.2) is 24.4 Å². The summed E-state index contributed by atoms with van der Waals surface area (Å²) in [5, 5.41) is 6.05. The van der Waals surface area contributed by atoms with Crippen molar-refractivity contribution in [2.24, 2.45) is 0 Å². The van der Waals surface area contributed by atoms with Gasteiger partial charge in [-0.3, -0.25) is 14.4 Å². The molecule has 2 rings (SSSR count). The maximum Gasteiger partial charge on any atom is 0.308 e. The minimum atomic E-state index is -0.576. The molecule has 0 spiro atoms. The summed E-state index contributed by atoms with van der Waals surface area (Å²) in [7, 11) is 0. The quantitative estimate of drug-likeness (QED) is 0.663. The van der Waals surface area contributed by atoms with Gasteiger partial charge in [-0.05, 0) is 30.2 Å². The van der Waals surface area contributed by atoms with Gasteiger partial charge in [0.2, 0.25) is 5.91 Å². The molecule has 0 aromatic heterocycles. The lowest BCUT2D eigenvalue weighted by Crippen LogP contribution is -2.32. The average Bonchev–Trinajstić information content (AvgIpc) is 2.66. The molecule has 28 heavy (non-hydrogen) atoms. The molecule has 0 aliphatic rings. The third-order valence-corrected chi connectivity index (χ3v) is 4.28. The third-order valence-electron chi connectivity index (χ3n) is 4.04. The molecule has 2 aromatic carbocycles. The number of carbonyl (C=O) groups is 3. The van der Waals surface area contributed by atoms with Gasteiger partial charge in [-0.2, -0.15) is 0 Å². The zero-order valence-electron chi connectivity index (χ0n) is 15.8. The van der Waals surface area contributed by atoms with E-state index in [1.54, 1.807) is 18.2 Å². The van der Waals surface area contributed by atoms with E-state index in [0.717, 1.165) is 11.1 Å². The molecule has 0 aliphatic heterocycles.